The number of nitrogen functional groups attached to an aromatic ring is 1. The van der Waals surface area contributed by atoms with Gasteiger partial charge in [-0.1, -0.05) is 0 Å². The third kappa shape index (κ3) is 2.33. The van der Waals surface area contributed by atoms with Gasteiger partial charge >= 0.3 is 0 Å². The normalized spacial score (nSPS) is 17.9. The average molecular weight is 297 g/mol. The molecule has 1 aliphatic rings. The van der Waals surface area contributed by atoms with E-state index in [2.05, 4.69) is 30.5 Å². The third-order valence-electron chi connectivity index (χ3n) is 3.62. The maximum absolute atomic E-state index is 5.82. The highest BCUT2D eigenvalue weighted by atomic mass is 16.5. The molecule has 0 aromatic carbocycles. The zero-order valence-electron chi connectivity index (χ0n) is 11.8. The van der Waals surface area contributed by atoms with E-state index in [1.165, 1.54) is 0 Å². The van der Waals surface area contributed by atoms with E-state index in [4.69, 9.17) is 10.5 Å². The summed E-state index contributed by atoms with van der Waals surface area (Å²) in [5.74, 6) is 0.862. The molecule has 0 bridgehead atoms. The van der Waals surface area contributed by atoms with Crippen molar-refractivity contribution < 1.29 is 4.74 Å². The van der Waals surface area contributed by atoms with Crippen molar-refractivity contribution in [3.8, 4) is 11.3 Å². The fourth-order valence-corrected chi connectivity index (χ4v) is 2.54. The van der Waals surface area contributed by atoms with E-state index in [0.717, 1.165) is 24.3 Å². The summed E-state index contributed by atoms with van der Waals surface area (Å²) in [5.41, 5.74) is 8.90. The van der Waals surface area contributed by atoms with Gasteiger partial charge in [0.05, 0.1) is 23.9 Å². The molecule has 8 heteroatoms. The number of hydrogen-bond donors (Lipinski definition) is 3. The van der Waals surface area contributed by atoms with E-state index >= 15 is 0 Å². The molecule has 1 saturated heterocycles. The maximum Gasteiger partial charge on any atom is 0.222 e. The molecule has 0 spiro atoms. The van der Waals surface area contributed by atoms with E-state index in [0.29, 0.717) is 23.5 Å². The molecule has 0 radical (unpaired) electrons. The Morgan fingerprint density at radius 3 is 3.09 bits per heavy atom. The maximum atomic E-state index is 5.82. The largest absolute Gasteiger partial charge is 0.379 e. The average Bonchev–Trinajstić information content (AvgIpc) is 3.20. The number of aromatic amines is 1. The van der Waals surface area contributed by atoms with E-state index in [-0.39, 0.29) is 12.0 Å². The van der Waals surface area contributed by atoms with Crippen LogP contribution in [-0.2, 0) is 4.74 Å². The second-order valence-corrected chi connectivity index (χ2v) is 5.19. The van der Waals surface area contributed by atoms with Crippen molar-refractivity contribution in [2.75, 3.05) is 24.3 Å². The van der Waals surface area contributed by atoms with Gasteiger partial charge in [0, 0.05) is 24.6 Å². The number of ether oxygens (including phenoxy) is 1. The fraction of sp³-hybridized carbons (Fsp3) is 0.286. The monoisotopic (exact) mass is 297 g/mol. The molecule has 22 heavy (non-hydrogen) atoms. The van der Waals surface area contributed by atoms with Crippen LogP contribution < -0.4 is 11.1 Å². The lowest BCUT2D eigenvalue weighted by atomic mass is 10.2. The first-order valence-corrected chi connectivity index (χ1v) is 7.07. The number of nitrogens with two attached hydrogens (primary N) is 1. The van der Waals surface area contributed by atoms with E-state index in [1.807, 2.05) is 12.1 Å². The lowest BCUT2D eigenvalue weighted by molar-refractivity contribution is 0.195. The zero-order chi connectivity index (χ0) is 14.9. The molecule has 1 atom stereocenters. The summed E-state index contributed by atoms with van der Waals surface area (Å²) in [5, 5.41) is 10.3. The Bertz CT molecular complexity index is 796. The summed E-state index contributed by atoms with van der Waals surface area (Å²) in [4.78, 5) is 13.0. The summed E-state index contributed by atoms with van der Waals surface area (Å²) in [6.07, 6.45) is 4.46. The Labute approximate surface area is 126 Å². The van der Waals surface area contributed by atoms with Crippen molar-refractivity contribution in [3.63, 3.8) is 0 Å². The molecule has 3 aromatic heterocycles. The second-order valence-electron chi connectivity index (χ2n) is 5.19. The van der Waals surface area contributed by atoms with Gasteiger partial charge in [-0.15, -0.1) is 0 Å². The Morgan fingerprint density at radius 1 is 1.36 bits per heavy atom. The first-order valence-electron chi connectivity index (χ1n) is 7.07. The van der Waals surface area contributed by atoms with Crippen LogP contribution in [0.5, 0.6) is 0 Å². The number of rotatable bonds is 3. The van der Waals surface area contributed by atoms with Gasteiger partial charge in [-0.3, -0.25) is 5.10 Å². The highest BCUT2D eigenvalue weighted by molar-refractivity contribution is 5.88. The predicted octanol–water partition coefficient (Wildman–Crippen LogP) is 1.20. The number of nitrogens with zero attached hydrogens (tertiary/aromatic N) is 4. The first-order chi connectivity index (χ1) is 10.8. The number of pyridine rings is 1. The molecule has 0 aliphatic carbocycles. The summed E-state index contributed by atoms with van der Waals surface area (Å²) in [6, 6.07) is 4.01. The quantitative estimate of drug-likeness (QED) is 0.665. The van der Waals surface area contributed by atoms with Crippen molar-refractivity contribution in [1.29, 1.82) is 0 Å². The standard InChI is InChI=1S/C14H15N7O/c15-14-19-11-5-8(10-1-3-17-21-10)6-16-12(11)13(20-14)18-9-2-4-22-7-9/h1,3,5-6,9H,2,4,7H2,(H,17,21)(H3,15,18,19,20)/t9-/m1/s1. The third-order valence-corrected chi connectivity index (χ3v) is 3.62. The molecule has 4 heterocycles. The Kier molecular flexibility index (Phi) is 3.08. The van der Waals surface area contributed by atoms with Gasteiger partial charge in [0.1, 0.15) is 5.52 Å². The second kappa shape index (κ2) is 5.23. The molecule has 3 aromatic rings. The lowest BCUT2D eigenvalue weighted by Gasteiger charge is -2.13. The topological polar surface area (TPSA) is 115 Å². The van der Waals surface area contributed by atoms with Crippen LogP contribution in [-0.4, -0.2) is 44.4 Å². The van der Waals surface area contributed by atoms with Crippen LogP contribution in [0.25, 0.3) is 22.3 Å². The van der Waals surface area contributed by atoms with Crippen LogP contribution in [0.3, 0.4) is 0 Å². The molecule has 0 unspecified atom stereocenters. The molecule has 112 valence electrons. The summed E-state index contributed by atoms with van der Waals surface area (Å²) < 4.78 is 5.37. The fourth-order valence-electron chi connectivity index (χ4n) is 2.54. The number of fused-ring (bicyclic) bond motifs is 1. The van der Waals surface area contributed by atoms with Crippen LogP contribution in [0, 0.1) is 0 Å². The molecule has 4 rings (SSSR count). The molecule has 4 N–H and O–H groups in total. The zero-order valence-corrected chi connectivity index (χ0v) is 11.8. The molecular weight excluding hydrogens is 282 g/mol. The Morgan fingerprint density at radius 2 is 2.32 bits per heavy atom. The molecule has 0 saturated carbocycles. The van der Waals surface area contributed by atoms with Gasteiger partial charge in [-0.25, -0.2) is 9.97 Å². The van der Waals surface area contributed by atoms with Crippen LogP contribution >= 0.6 is 0 Å². The van der Waals surface area contributed by atoms with Gasteiger partial charge in [-0.05, 0) is 18.6 Å². The first kappa shape index (κ1) is 13.0. The molecule has 0 amide bonds. The number of nitrogens with one attached hydrogen (secondary N) is 2. The summed E-state index contributed by atoms with van der Waals surface area (Å²) >= 11 is 0. The van der Waals surface area contributed by atoms with Gasteiger partial charge in [0.2, 0.25) is 5.95 Å². The minimum absolute atomic E-state index is 0.217. The van der Waals surface area contributed by atoms with Crippen LogP contribution in [0.1, 0.15) is 6.42 Å². The van der Waals surface area contributed by atoms with Crippen molar-refractivity contribution in [3.05, 3.63) is 24.5 Å². The Balaban J connectivity index is 1.77. The number of aromatic nitrogens is 5. The van der Waals surface area contributed by atoms with Gasteiger partial charge in [-0.2, -0.15) is 10.1 Å². The minimum Gasteiger partial charge on any atom is -0.379 e. The van der Waals surface area contributed by atoms with Crippen LogP contribution in [0.4, 0.5) is 11.8 Å². The number of hydrogen-bond acceptors (Lipinski definition) is 7. The Hall–Kier alpha value is -2.74. The van der Waals surface area contributed by atoms with Gasteiger partial charge < -0.3 is 15.8 Å². The molecule has 8 nitrogen and oxygen atoms in total. The predicted molar refractivity (Wildman–Crippen MR) is 82.2 cm³/mol. The van der Waals surface area contributed by atoms with Gasteiger partial charge in [0.15, 0.2) is 5.82 Å². The number of H-pyrrole nitrogens is 1. The van der Waals surface area contributed by atoms with E-state index in [9.17, 15) is 0 Å². The van der Waals surface area contributed by atoms with Crippen LogP contribution in [0.15, 0.2) is 24.5 Å². The minimum atomic E-state index is 0.217. The van der Waals surface area contributed by atoms with Gasteiger partial charge in [0.25, 0.3) is 0 Å². The van der Waals surface area contributed by atoms with Crippen LogP contribution in [0.2, 0.25) is 0 Å². The van der Waals surface area contributed by atoms with Crippen molar-refractivity contribution in [1.82, 2.24) is 25.1 Å². The van der Waals surface area contributed by atoms with Crippen molar-refractivity contribution >= 4 is 22.8 Å². The lowest BCUT2D eigenvalue weighted by Crippen LogP contribution is -2.20. The SMILES string of the molecule is Nc1nc(N[C@@H]2CCOC2)c2ncc(-c3cc[nH]n3)cc2n1. The van der Waals surface area contributed by atoms with E-state index in [1.54, 1.807) is 12.4 Å². The number of anilines is 2. The smallest absolute Gasteiger partial charge is 0.222 e. The molecule has 1 aliphatic heterocycles. The van der Waals surface area contributed by atoms with Crippen molar-refractivity contribution in [2.45, 2.75) is 12.5 Å². The highest BCUT2D eigenvalue weighted by Crippen LogP contribution is 2.25. The highest BCUT2D eigenvalue weighted by Gasteiger charge is 2.18. The molecular formula is C14H15N7O. The van der Waals surface area contributed by atoms with E-state index < -0.39 is 0 Å². The summed E-state index contributed by atoms with van der Waals surface area (Å²) in [6.45, 7) is 1.42. The van der Waals surface area contributed by atoms with Crippen molar-refractivity contribution in [2.24, 2.45) is 0 Å². The molecule has 1 fully saturated rings. The summed E-state index contributed by atoms with van der Waals surface area (Å²) in [7, 11) is 0.